The Bertz CT molecular complexity index is 502. The van der Waals surface area contributed by atoms with Crippen molar-refractivity contribution in [1.29, 1.82) is 0 Å². The maximum Gasteiger partial charge on any atom is 0.228 e. The molecule has 0 aliphatic carbocycles. The van der Waals surface area contributed by atoms with Gasteiger partial charge in [-0.2, -0.15) is 0 Å². The molecule has 0 N–H and O–H groups in total. The molecule has 1 saturated heterocycles. The van der Waals surface area contributed by atoms with E-state index in [0.29, 0.717) is 5.88 Å². The van der Waals surface area contributed by atoms with E-state index in [9.17, 15) is 0 Å². The van der Waals surface area contributed by atoms with Crippen LogP contribution in [0.1, 0.15) is 25.5 Å². The van der Waals surface area contributed by atoms with Crippen LogP contribution in [0.3, 0.4) is 0 Å². The minimum atomic E-state index is 0.183. The fraction of sp³-hybridized carbons (Fsp3) is 0.600. The van der Waals surface area contributed by atoms with Crippen LogP contribution >= 0.6 is 15.9 Å². The molecule has 0 saturated carbocycles. The Balaban J connectivity index is 2.10. The van der Waals surface area contributed by atoms with Crippen molar-refractivity contribution in [1.82, 2.24) is 9.88 Å². The molecule has 0 radical (unpaired) electrons. The molecule has 116 valence electrons. The quantitative estimate of drug-likeness (QED) is 0.600. The van der Waals surface area contributed by atoms with Crippen LogP contribution in [0.4, 0.5) is 5.69 Å². The van der Waals surface area contributed by atoms with Gasteiger partial charge in [0.2, 0.25) is 5.88 Å². The minimum absolute atomic E-state index is 0.183. The van der Waals surface area contributed by atoms with E-state index in [0.717, 1.165) is 48.5 Å². The van der Waals surface area contributed by atoms with Gasteiger partial charge in [-0.1, -0.05) is 0 Å². The Morgan fingerprint density at radius 3 is 2.90 bits per heavy atom. The van der Waals surface area contributed by atoms with Crippen LogP contribution in [0.5, 0.6) is 5.88 Å². The molecule has 0 unspecified atom stereocenters. The summed E-state index contributed by atoms with van der Waals surface area (Å²) in [5.74, 6) is 0.641. The van der Waals surface area contributed by atoms with E-state index in [1.54, 1.807) is 0 Å². The van der Waals surface area contributed by atoms with E-state index in [1.165, 1.54) is 0 Å². The lowest BCUT2D eigenvalue weighted by Gasteiger charge is -2.23. The lowest BCUT2D eigenvalue weighted by atomic mass is 10.1. The summed E-state index contributed by atoms with van der Waals surface area (Å²) in [5, 5.41) is 0. The van der Waals surface area contributed by atoms with Crippen LogP contribution in [0.15, 0.2) is 15.5 Å². The third-order valence-corrected chi connectivity index (χ3v) is 4.02. The topological polar surface area (TPSA) is 47.0 Å². The molecule has 0 amide bonds. The maximum atomic E-state index is 5.97. The molecule has 2 heterocycles. The number of aryl methyl sites for hydroxylation is 1. The van der Waals surface area contributed by atoms with Crippen LogP contribution in [0.25, 0.3) is 0 Å². The van der Waals surface area contributed by atoms with Gasteiger partial charge < -0.3 is 14.4 Å². The lowest BCUT2D eigenvalue weighted by molar-refractivity contribution is 0.0233. The zero-order valence-electron chi connectivity index (χ0n) is 12.8. The van der Waals surface area contributed by atoms with Crippen molar-refractivity contribution >= 4 is 28.0 Å². The Morgan fingerprint density at radius 2 is 2.24 bits per heavy atom. The van der Waals surface area contributed by atoms with Crippen LogP contribution in [0, 0.1) is 6.92 Å². The summed E-state index contributed by atoms with van der Waals surface area (Å²) < 4.78 is 12.1. The molecule has 1 aliphatic rings. The first kappa shape index (κ1) is 16.2. The largest absolute Gasteiger partial charge is 0.473 e. The molecule has 0 spiro atoms. The number of halogens is 1. The average molecular weight is 356 g/mol. The van der Waals surface area contributed by atoms with Crippen LogP contribution in [0.2, 0.25) is 0 Å². The molecule has 6 heteroatoms. The van der Waals surface area contributed by atoms with Gasteiger partial charge in [0.1, 0.15) is 6.10 Å². The molecule has 0 bridgehead atoms. The van der Waals surface area contributed by atoms with Gasteiger partial charge in [0, 0.05) is 26.4 Å². The van der Waals surface area contributed by atoms with Crippen LogP contribution in [-0.2, 0) is 4.74 Å². The zero-order valence-corrected chi connectivity index (χ0v) is 14.4. The van der Waals surface area contributed by atoms with Crippen LogP contribution in [-0.4, -0.2) is 49.1 Å². The molecule has 0 aromatic carbocycles. The lowest BCUT2D eigenvalue weighted by Crippen LogP contribution is -2.26. The molecular formula is C15H22BrN3O2. The van der Waals surface area contributed by atoms with E-state index in [2.05, 4.69) is 32.8 Å². The number of rotatable bonds is 5. The number of hydrogen-bond donors (Lipinski definition) is 0. The summed E-state index contributed by atoms with van der Waals surface area (Å²) in [4.78, 5) is 11.0. The summed E-state index contributed by atoms with van der Waals surface area (Å²) in [6.07, 6.45) is 3.82. The van der Waals surface area contributed by atoms with Gasteiger partial charge >= 0.3 is 0 Å². The third kappa shape index (κ3) is 4.68. The molecule has 5 nitrogen and oxygen atoms in total. The number of ether oxygens (including phenoxy) is 2. The van der Waals surface area contributed by atoms with Gasteiger partial charge in [0.05, 0.1) is 35.4 Å². The molecule has 21 heavy (non-hydrogen) atoms. The highest BCUT2D eigenvalue weighted by atomic mass is 79.9. The Hall–Kier alpha value is -1.14. The first-order chi connectivity index (χ1) is 10.1. The normalized spacial score (nSPS) is 16.4. The monoisotopic (exact) mass is 355 g/mol. The molecule has 2 rings (SSSR count). The predicted octanol–water partition coefficient (Wildman–Crippen LogP) is 3.32. The van der Waals surface area contributed by atoms with Crippen molar-refractivity contribution < 1.29 is 9.47 Å². The number of pyridine rings is 1. The average Bonchev–Trinajstić information content (AvgIpc) is 2.50. The third-order valence-electron chi connectivity index (χ3n) is 3.45. The Kier molecular flexibility index (Phi) is 5.99. The predicted molar refractivity (Wildman–Crippen MR) is 87.6 cm³/mol. The summed E-state index contributed by atoms with van der Waals surface area (Å²) in [6, 6.07) is 1.96. The van der Waals surface area contributed by atoms with Gasteiger partial charge in [-0.15, -0.1) is 0 Å². The highest BCUT2D eigenvalue weighted by Crippen LogP contribution is 2.31. The van der Waals surface area contributed by atoms with Crippen molar-refractivity contribution in [2.75, 3.05) is 26.8 Å². The van der Waals surface area contributed by atoms with Crippen molar-refractivity contribution in [2.45, 2.75) is 32.8 Å². The molecular weight excluding hydrogens is 334 g/mol. The Labute approximate surface area is 134 Å². The van der Waals surface area contributed by atoms with Crippen molar-refractivity contribution in [3.63, 3.8) is 0 Å². The second kappa shape index (κ2) is 7.75. The van der Waals surface area contributed by atoms with E-state index in [-0.39, 0.29) is 6.10 Å². The van der Waals surface area contributed by atoms with Crippen molar-refractivity contribution in [3.8, 4) is 5.88 Å². The van der Waals surface area contributed by atoms with E-state index in [1.807, 2.05) is 31.3 Å². The summed E-state index contributed by atoms with van der Waals surface area (Å²) in [6.45, 7) is 6.46. The highest BCUT2D eigenvalue weighted by molar-refractivity contribution is 9.10. The summed E-state index contributed by atoms with van der Waals surface area (Å²) in [5.41, 5.74) is 1.71. The number of aliphatic imine (C=N–C) groups is 1. The SMILES string of the molecule is CCN(C)/C=N/c1cc(Br)c(OC2CCOCC2)nc1C. The van der Waals surface area contributed by atoms with Crippen molar-refractivity contribution in [2.24, 2.45) is 4.99 Å². The summed E-state index contributed by atoms with van der Waals surface area (Å²) in [7, 11) is 1.99. The molecule has 0 atom stereocenters. The summed E-state index contributed by atoms with van der Waals surface area (Å²) >= 11 is 3.53. The van der Waals surface area contributed by atoms with E-state index < -0.39 is 0 Å². The second-order valence-electron chi connectivity index (χ2n) is 5.13. The van der Waals surface area contributed by atoms with Gasteiger partial charge in [-0.3, -0.25) is 0 Å². The molecule has 1 fully saturated rings. The molecule has 1 aliphatic heterocycles. The van der Waals surface area contributed by atoms with E-state index in [4.69, 9.17) is 9.47 Å². The molecule has 1 aromatic heterocycles. The minimum Gasteiger partial charge on any atom is -0.473 e. The standard InChI is InChI=1S/C15H22BrN3O2/c1-4-19(3)10-17-14-9-13(16)15(18-11(14)2)21-12-5-7-20-8-6-12/h9-10,12H,4-8H2,1-3H3/b17-10+. The zero-order chi connectivity index (χ0) is 15.2. The van der Waals surface area contributed by atoms with E-state index >= 15 is 0 Å². The smallest absolute Gasteiger partial charge is 0.228 e. The number of aromatic nitrogens is 1. The number of nitrogens with zero attached hydrogens (tertiary/aromatic N) is 3. The van der Waals surface area contributed by atoms with Crippen LogP contribution < -0.4 is 4.74 Å². The second-order valence-corrected chi connectivity index (χ2v) is 5.98. The van der Waals surface area contributed by atoms with Gasteiger partial charge in [-0.25, -0.2) is 9.98 Å². The van der Waals surface area contributed by atoms with Gasteiger partial charge in [-0.05, 0) is 35.8 Å². The fourth-order valence-corrected chi connectivity index (χ4v) is 2.36. The van der Waals surface area contributed by atoms with Gasteiger partial charge in [0.25, 0.3) is 0 Å². The fourth-order valence-electron chi connectivity index (χ4n) is 1.96. The first-order valence-electron chi connectivity index (χ1n) is 7.26. The first-order valence-corrected chi connectivity index (χ1v) is 8.05. The highest BCUT2D eigenvalue weighted by Gasteiger charge is 2.18. The maximum absolute atomic E-state index is 5.97. The van der Waals surface area contributed by atoms with Crippen molar-refractivity contribution in [3.05, 3.63) is 16.2 Å². The molecule has 1 aromatic rings. The number of hydrogen-bond acceptors (Lipinski definition) is 4. The van der Waals surface area contributed by atoms with Gasteiger partial charge in [0.15, 0.2) is 0 Å². The Morgan fingerprint density at radius 1 is 1.52 bits per heavy atom.